The maximum absolute atomic E-state index is 12.5. The van der Waals surface area contributed by atoms with Crippen molar-refractivity contribution in [3.05, 3.63) is 41.7 Å². The van der Waals surface area contributed by atoms with Gasteiger partial charge in [0.2, 0.25) is 11.8 Å². The number of hydrogen-bond donors (Lipinski definition) is 1. The molecule has 1 aromatic carbocycles. The zero-order chi connectivity index (χ0) is 16.9. The summed E-state index contributed by atoms with van der Waals surface area (Å²) in [5.74, 6) is 0.267. The van der Waals surface area contributed by atoms with Gasteiger partial charge in [0.1, 0.15) is 6.04 Å². The van der Waals surface area contributed by atoms with E-state index in [1.165, 1.54) is 4.80 Å². The van der Waals surface area contributed by atoms with Crippen LogP contribution in [0.3, 0.4) is 0 Å². The molecule has 126 valence electrons. The van der Waals surface area contributed by atoms with E-state index in [-0.39, 0.29) is 18.4 Å². The Balaban J connectivity index is 1.57. The quantitative estimate of drug-likeness (QED) is 0.838. The van der Waals surface area contributed by atoms with Crippen molar-refractivity contribution in [3.8, 4) is 0 Å². The van der Waals surface area contributed by atoms with Crippen molar-refractivity contribution >= 4 is 11.8 Å². The molecule has 24 heavy (non-hydrogen) atoms. The number of benzene rings is 1. The van der Waals surface area contributed by atoms with E-state index in [1.807, 2.05) is 30.3 Å². The van der Waals surface area contributed by atoms with E-state index in [1.54, 1.807) is 11.9 Å². The number of likely N-dealkylation sites (tertiary alicyclic amines) is 1. The molecule has 1 aromatic heterocycles. The van der Waals surface area contributed by atoms with Crippen LogP contribution in [0.2, 0.25) is 0 Å². The van der Waals surface area contributed by atoms with Gasteiger partial charge in [-0.2, -0.15) is 4.80 Å². The van der Waals surface area contributed by atoms with Gasteiger partial charge in [0.05, 0.1) is 20.0 Å². The third kappa shape index (κ3) is 3.76. The SMILES string of the molecule is Cn1nnc(CNC(=O)[C@@H]2CCCN2C(=O)Cc2ccccc2)n1. The number of tetrazole rings is 1. The van der Waals surface area contributed by atoms with E-state index in [0.717, 1.165) is 12.0 Å². The third-order valence-corrected chi connectivity index (χ3v) is 4.04. The van der Waals surface area contributed by atoms with Gasteiger partial charge in [0.25, 0.3) is 0 Å². The maximum Gasteiger partial charge on any atom is 0.243 e. The van der Waals surface area contributed by atoms with Crippen molar-refractivity contribution in [1.29, 1.82) is 0 Å². The first-order valence-electron chi connectivity index (χ1n) is 7.97. The standard InChI is InChI=1S/C16H20N6O2/c1-21-19-14(18-20-21)11-17-16(24)13-8-5-9-22(13)15(23)10-12-6-3-2-4-7-12/h2-4,6-7,13H,5,8-11H2,1H3,(H,17,24)/t13-/m0/s1. The molecule has 1 aliphatic rings. The Hall–Kier alpha value is -2.77. The monoisotopic (exact) mass is 328 g/mol. The Labute approximate surface area is 139 Å². The van der Waals surface area contributed by atoms with Gasteiger partial charge in [0.15, 0.2) is 5.82 Å². The highest BCUT2D eigenvalue weighted by molar-refractivity contribution is 5.89. The summed E-state index contributed by atoms with van der Waals surface area (Å²) in [6, 6.07) is 9.15. The fourth-order valence-electron chi connectivity index (χ4n) is 2.89. The lowest BCUT2D eigenvalue weighted by molar-refractivity contribution is -0.138. The number of nitrogens with zero attached hydrogens (tertiary/aromatic N) is 5. The Morgan fingerprint density at radius 2 is 2.08 bits per heavy atom. The highest BCUT2D eigenvalue weighted by Gasteiger charge is 2.33. The molecule has 1 fully saturated rings. The first kappa shape index (κ1) is 16.1. The van der Waals surface area contributed by atoms with E-state index in [0.29, 0.717) is 25.2 Å². The Morgan fingerprint density at radius 1 is 1.29 bits per heavy atom. The number of carbonyl (C=O) groups is 2. The average molecular weight is 328 g/mol. The maximum atomic E-state index is 12.5. The lowest BCUT2D eigenvalue weighted by Crippen LogP contribution is -2.46. The van der Waals surface area contributed by atoms with Crippen molar-refractivity contribution in [1.82, 2.24) is 30.4 Å². The molecule has 1 N–H and O–H groups in total. The molecule has 3 rings (SSSR count). The number of carbonyl (C=O) groups excluding carboxylic acids is 2. The van der Waals surface area contributed by atoms with Gasteiger partial charge in [-0.05, 0) is 23.6 Å². The first-order valence-corrected chi connectivity index (χ1v) is 7.97. The molecule has 8 nitrogen and oxygen atoms in total. The molecule has 1 saturated heterocycles. The van der Waals surface area contributed by atoms with Crippen LogP contribution in [0.25, 0.3) is 0 Å². The third-order valence-electron chi connectivity index (χ3n) is 4.04. The van der Waals surface area contributed by atoms with Crippen molar-refractivity contribution in [3.63, 3.8) is 0 Å². The lowest BCUT2D eigenvalue weighted by Gasteiger charge is -2.23. The van der Waals surface area contributed by atoms with E-state index in [4.69, 9.17) is 0 Å². The minimum atomic E-state index is -0.419. The minimum absolute atomic E-state index is 0.0172. The fraction of sp³-hybridized carbons (Fsp3) is 0.438. The lowest BCUT2D eigenvalue weighted by atomic mass is 10.1. The topological polar surface area (TPSA) is 93.0 Å². The summed E-state index contributed by atoms with van der Waals surface area (Å²) in [5.41, 5.74) is 0.956. The van der Waals surface area contributed by atoms with Crippen molar-refractivity contribution in [2.75, 3.05) is 6.54 Å². The van der Waals surface area contributed by atoms with Crippen LogP contribution in [-0.2, 0) is 29.6 Å². The number of aryl methyl sites for hydroxylation is 1. The molecule has 1 aliphatic heterocycles. The number of amides is 2. The Bertz CT molecular complexity index is 714. The number of rotatable bonds is 5. The summed E-state index contributed by atoms with van der Waals surface area (Å²) in [4.78, 5) is 27.9. The van der Waals surface area contributed by atoms with Gasteiger partial charge in [-0.3, -0.25) is 9.59 Å². The molecular weight excluding hydrogens is 308 g/mol. The van der Waals surface area contributed by atoms with Gasteiger partial charge >= 0.3 is 0 Å². The fourth-order valence-corrected chi connectivity index (χ4v) is 2.89. The minimum Gasteiger partial charge on any atom is -0.347 e. The van der Waals surface area contributed by atoms with Crippen LogP contribution in [-0.4, -0.2) is 49.5 Å². The molecule has 0 bridgehead atoms. The zero-order valence-corrected chi connectivity index (χ0v) is 13.6. The number of nitrogens with one attached hydrogen (secondary N) is 1. The Morgan fingerprint density at radius 3 is 2.79 bits per heavy atom. The van der Waals surface area contributed by atoms with Crippen LogP contribution in [0.4, 0.5) is 0 Å². The second-order valence-corrected chi connectivity index (χ2v) is 5.82. The summed E-state index contributed by atoms with van der Waals surface area (Å²) in [6.45, 7) is 0.830. The van der Waals surface area contributed by atoms with E-state index in [9.17, 15) is 9.59 Å². The molecule has 0 unspecified atom stereocenters. The van der Waals surface area contributed by atoms with Crippen LogP contribution in [0, 0.1) is 0 Å². The smallest absolute Gasteiger partial charge is 0.243 e. The van der Waals surface area contributed by atoms with Gasteiger partial charge in [-0.1, -0.05) is 30.3 Å². The summed E-state index contributed by atoms with van der Waals surface area (Å²) in [6.07, 6.45) is 1.83. The second kappa shape index (κ2) is 7.20. The molecule has 0 spiro atoms. The summed E-state index contributed by atoms with van der Waals surface area (Å²) in [7, 11) is 1.67. The van der Waals surface area contributed by atoms with Gasteiger partial charge in [0, 0.05) is 6.54 Å². The molecular formula is C16H20N6O2. The van der Waals surface area contributed by atoms with Crippen LogP contribution >= 0.6 is 0 Å². The molecule has 2 aromatic rings. The van der Waals surface area contributed by atoms with Crippen LogP contribution in [0.5, 0.6) is 0 Å². The van der Waals surface area contributed by atoms with E-state index >= 15 is 0 Å². The highest BCUT2D eigenvalue weighted by Crippen LogP contribution is 2.19. The molecule has 0 aliphatic carbocycles. The van der Waals surface area contributed by atoms with Gasteiger partial charge in [-0.25, -0.2) is 0 Å². The largest absolute Gasteiger partial charge is 0.347 e. The normalized spacial score (nSPS) is 17.0. The van der Waals surface area contributed by atoms with Crippen molar-refractivity contribution in [2.24, 2.45) is 7.05 Å². The molecule has 0 radical (unpaired) electrons. The average Bonchev–Trinajstić information content (AvgIpc) is 3.22. The highest BCUT2D eigenvalue weighted by atomic mass is 16.2. The molecule has 8 heteroatoms. The predicted molar refractivity (Wildman–Crippen MR) is 85.5 cm³/mol. The molecule has 0 saturated carbocycles. The predicted octanol–water partition coefficient (Wildman–Crippen LogP) is 0.0600. The van der Waals surface area contributed by atoms with Gasteiger partial charge in [-0.15, -0.1) is 10.2 Å². The number of aromatic nitrogens is 4. The summed E-state index contributed by atoms with van der Waals surface area (Å²) in [5, 5.41) is 14.4. The molecule has 1 atom stereocenters. The van der Waals surface area contributed by atoms with Crippen LogP contribution < -0.4 is 5.32 Å². The number of hydrogen-bond acceptors (Lipinski definition) is 5. The van der Waals surface area contributed by atoms with E-state index < -0.39 is 6.04 Å². The summed E-state index contributed by atoms with van der Waals surface area (Å²) < 4.78 is 0. The van der Waals surface area contributed by atoms with Gasteiger partial charge < -0.3 is 10.2 Å². The van der Waals surface area contributed by atoms with Crippen LogP contribution in [0.15, 0.2) is 30.3 Å². The molecule has 2 amide bonds. The van der Waals surface area contributed by atoms with Crippen LogP contribution in [0.1, 0.15) is 24.2 Å². The zero-order valence-electron chi connectivity index (χ0n) is 13.6. The summed E-state index contributed by atoms with van der Waals surface area (Å²) >= 11 is 0. The van der Waals surface area contributed by atoms with E-state index in [2.05, 4.69) is 20.7 Å². The Kier molecular flexibility index (Phi) is 4.83. The molecule has 2 heterocycles. The van der Waals surface area contributed by atoms with Crippen molar-refractivity contribution in [2.45, 2.75) is 31.8 Å². The second-order valence-electron chi connectivity index (χ2n) is 5.82. The van der Waals surface area contributed by atoms with Crippen molar-refractivity contribution < 1.29 is 9.59 Å². The first-order chi connectivity index (χ1) is 11.6.